The normalized spacial score (nSPS) is 11.1. The van der Waals surface area contributed by atoms with Crippen LogP contribution in [0.15, 0.2) is 48.5 Å². The quantitative estimate of drug-likeness (QED) is 0.681. The first kappa shape index (κ1) is 20.8. The van der Waals surface area contributed by atoms with Gasteiger partial charge in [0.05, 0.1) is 6.26 Å². The van der Waals surface area contributed by atoms with Crippen molar-refractivity contribution in [3.05, 3.63) is 54.1 Å². The van der Waals surface area contributed by atoms with Crippen LogP contribution in [0.1, 0.15) is 37.0 Å². The molecule has 146 valence electrons. The second kappa shape index (κ2) is 9.41. The van der Waals surface area contributed by atoms with Crippen LogP contribution in [0.5, 0.6) is 0 Å². The number of anilines is 3. The fraction of sp³-hybridized carbons (Fsp3) is 0.350. The highest BCUT2D eigenvalue weighted by Gasteiger charge is 2.09. The predicted molar refractivity (Wildman–Crippen MR) is 112 cm³/mol. The van der Waals surface area contributed by atoms with E-state index in [1.165, 1.54) is 0 Å². The molecule has 0 aromatic heterocycles. The molecule has 0 aliphatic carbocycles. The van der Waals surface area contributed by atoms with Crippen molar-refractivity contribution < 1.29 is 13.2 Å². The van der Waals surface area contributed by atoms with E-state index in [9.17, 15) is 13.2 Å². The van der Waals surface area contributed by atoms with Gasteiger partial charge in [0.25, 0.3) is 5.91 Å². The van der Waals surface area contributed by atoms with Crippen molar-refractivity contribution in [3.8, 4) is 0 Å². The Morgan fingerprint density at radius 3 is 2.07 bits per heavy atom. The lowest BCUT2D eigenvalue weighted by atomic mass is 10.1. The second-order valence-corrected chi connectivity index (χ2v) is 8.13. The Hall–Kier alpha value is -2.54. The molecule has 7 heteroatoms. The number of benzene rings is 2. The van der Waals surface area contributed by atoms with Crippen LogP contribution in [0.4, 0.5) is 17.1 Å². The number of rotatable bonds is 9. The van der Waals surface area contributed by atoms with Crippen LogP contribution in [-0.2, 0) is 10.0 Å². The van der Waals surface area contributed by atoms with Crippen molar-refractivity contribution in [2.75, 3.05) is 34.3 Å². The van der Waals surface area contributed by atoms with Gasteiger partial charge in [-0.1, -0.05) is 13.3 Å². The summed E-state index contributed by atoms with van der Waals surface area (Å²) in [5, 5.41) is 2.82. The molecule has 6 nitrogen and oxygen atoms in total. The minimum absolute atomic E-state index is 0.207. The molecule has 0 unspecified atom stereocenters. The Balaban J connectivity index is 2.01. The summed E-state index contributed by atoms with van der Waals surface area (Å²) in [7, 11) is -3.32. The van der Waals surface area contributed by atoms with Crippen LogP contribution < -0.4 is 14.9 Å². The van der Waals surface area contributed by atoms with Gasteiger partial charge in [0.15, 0.2) is 0 Å². The Kier molecular flexibility index (Phi) is 7.24. The number of nitrogens with one attached hydrogen (secondary N) is 2. The molecule has 2 aromatic carbocycles. The highest BCUT2D eigenvalue weighted by atomic mass is 32.2. The van der Waals surface area contributed by atoms with Gasteiger partial charge in [0, 0.05) is 35.7 Å². The summed E-state index contributed by atoms with van der Waals surface area (Å²) in [4.78, 5) is 14.7. The molecule has 0 aliphatic rings. The van der Waals surface area contributed by atoms with Crippen molar-refractivity contribution in [1.82, 2.24) is 0 Å². The Labute approximate surface area is 161 Å². The van der Waals surface area contributed by atoms with Crippen LogP contribution in [0, 0.1) is 0 Å². The maximum atomic E-state index is 12.4. The van der Waals surface area contributed by atoms with Gasteiger partial charge < -0.3 is 10.2 Å². The van der Waals surface area contributed by atoms with E-state index in [0.717, 1.165) is 37.9 Å². The van der Waals surface area contributed by atoms with Gasteiger partial charge in [-0.2, -0.15) is 0 Å². The van der Waals surface area contributed by atoms with Crippen molar-refractivity contribution in [2.24, 2.45) is 0 Å². The molecule has 0 saturated carbocycles. The van der Waals surface area contributed by atoms with Gasteiger partial charge in [-0.05, 0) is 61.9 Å². The number of hydrogen-bond donors (Lipinski definition) is 2. The minimum atomic E-state index is -3.32. The van der Waals surface area contributed by atoms with E-state index in [1.54, 1.807) is 24.3 Å². The van der Waals surface area contributed by atoms with Gasteiger partial charge in [0.1, 0.15) is 0 Å². The minimum Gasteiger partial charge on any atom is -0.372 e. The van der Waals surface area contributed by atoms with Crippen molar-refractivity contribution in [3.63, 3.8) is 0 Å². The van der Waals surface area contributed by atoms with E-state index in [2.05, 4.69) is 28.8 Å². The van der Waals surface area contributed by atoms with Crippen LogP contribution in [0.25, 0.3) is 0 Å². The smallest absolute Gasteiger partial charge is 0.255 e. The fourth-order valence-corrected chi connectivity index (χ4v) is 3.25. The zero-order valence-electron chi connectivity index (χ0n) is 16.0. The highest BCUT2D eigenvalue weighted by Crippen LogP contribution is 2.18. The van der Waals surface area contributed by atoms with Gasteiger partial charge in [-0.15, -0.1) is 0 Å². The SMILES string of the molecule is CCCCN(CC)c1ccc(C(=O)Nc2ccc(NS(C)(=O)=O)cc2)cc1. The summed E-state index contributed by atoms with van der Waals surface area (Å²) in [5.74, 6) is -0.207. The molecule has 0 saturated heterocycles. The molecule has 0 radical (unpaired) electrons. The zero-order chi connectivity index (χ0) is 19.9. The third-order valence-electron chi connectivity index (χ3n) is 4.10. The standard InChI is InChI=1S/C20H27N3O3S/c1-4-6-15-23(5-2)19-13-7-16(8-14-19)20(24)21-17-9-11-18(12-10-17)22-27(3,25)26/h7-14,22H,4-6,15H2,1-3H3,(H,21,24). The van der Waals surface area contributed by atoms with Gasteiger partial charge in [-0.25, -0.2) is 8.42 Å². The fourth-order valence-electron chi connectivity index (χ4n) is 2.68. The summed E-state index contributed by atoms with van der Waals surface area (Å²) in [5.41, 5.74) is 2.73. The lowest BCUT2D eigenvalue weighted by molar-refractivity contribution is 0.102. The average Bonchev–Trinajstić information content (AvgIpc) is 2.63. The summed E-state index contributed by atoms with van der Waals surface area (Å²) in [6.07, 6.45) is 3.38. The average molecular weight is 390 g/mol. The lowest BCUT2D eigenvalue weighted by Gasteiger charge is -2.23. The molecule has 0 bridgehead atoms. The summed E-state index contributed by atoms with van der Waals surface area (Å²) in [6.45, 7) is 6.23. The van der Waals surface area contributed by atoms with Crippen LogP contribution in [0.2, 0.25) is 0 Å². The third-order valence-corrected chi connectivity index (χ3v) is 4.71. The van der Waals surface area contributed by atoms with E-state index in [0.29, 0.717) is 16.9 Å². The van der Waals surface area contributed by atoms with E-state index in [-0.39, 0.29) is 5.91 Å². The topological polar surface area (TPSA) is 78.5 Å². The molecule has 2 N–H and O–H groups in total. The van der Waals surface area contributed by atoms with Crippen LogP contribution in [0.3, 0.4) is 0 Å². The highest BCUT2D eigenvalue weighted by molar-refractivity contribution is 7.92. The number of carbonyl (C=O) groups excluding carboxylic acids is 1. The Morgan fingerprint density at radius 1 is 0.963 bits per heavy atom. The molecule has 0 fully saturated rings. The maximum Gasteiger partial charge on any atom is 0.255 e. The number of hydrogen-bond acceptors (Lipinski definition) is 4. The first-order valence-corrected chi connectivity index (χ1v) is 11.0. The Morgan fingerprint density at radius 2 is 1.56 bits per heavy atom. The van der Waals surface area contributed by atoms with Gasteiger partial charge >= 0.3 is 0 Å². The van der Waals surface area contributed by atoms with Gasteiger partial charge in [-0.3, -0.25) is 9.52 Å². The lowest BCUT2D eigenvalue weighted by Crippen LogP contribution is -2.23. The molecule has 0 aliphatic heterocycles. The monoisotopic (exact) mass is 389 g/mol. The van der Waals surface area contributed by atoms with E-state index in [4.69, 9.17) is 0 Å². The van der Waals surface area contributed by atoms with Crippen molar-refractivity contribution in [2.45, 2.75) is 26.7 Å². The summed E-state index contributed by atoms with van der Waals surface area (Å²) < 4.78 is 24.8. The predicted octanol–water partition coefficient (Wildman–Crippen LogP) is 3.94. The van der Waals surface area contributed by atoms with Crippen LogP contribution >= 0.6 is 0 Å². The van der Waals surface area contributed by atoms with Crippen molar-refractivity contribution >= 4 is 33.0 Å². The van der Waals surface area contributed by atoms with Gasteiger partial charge in [0.2, 0.25) is 10.0 Å². The van der Waals surface area contributed by atoms with E-state index in [1.807, 2.05) is 24.3 Å². The number of sulfonamides is 1. The molecule has 2 aromatic rings. The number of amides is 1. The molecule has 1 amide bonds. The number of carbonyl (C=O) groups is 1. The molecule has 0 heterocycles. The molecular formula is C20H27N3O3S. The Bertz CT molecular complexity index is 847. The second-order valence-electron chi connectivity index (χ2n) is 6.39. The molecule has 0 spiro atoms. The number of unbranched alkanes of at least 4 members (excludes halogenated alkanes) is 1. The molecular weight excluding hydrogens is 362 g/mol. The molecule has 2 rings (SSSR count). The van der Waals surface area contributed by atoms with Crippen molar-refractivity contribution in [1.29, 1.82) is 0 Å². The first-order chi connectivity index (χ1) is 12.8. The summed E-state index contributed by atoms with van der Waals surface area (Å²) in [6, 6.07) is 14.1. The maximum absolute atomic E-state index is 12.4. The summed E-state index contributed by atoms with van der Waals surface area (Å²) >= 11 is 0. The third kappa shape index (κ3) is 6.60. The largest absolute Gasteiger partial charge is 0.372 e. The van der Waals surface area contributed by atoms with E-state index >= 15 is 0 Å². The molecule has 27 heavy (non-hydrogen) atoms. The van der Waals surface area contributed by atoms with Crippen LogP contribution in [-0.4, -0.2) is 33.7 Å². The zero-order valence-corrected chi connectivity index (χ0v) is 16.8. The molecule has 0 atom stereocenters. The first-order valence-electron chi connectivity index (χ1n) is 9.06. The van der Waals surface area contributed by atoms with E-state index < -0.39 is 10.0 Å². The number of nitrogens with zero attached hydrogens (tertiary/aromatic N) is 1.